The first-order valence-electron chi connectivity index (χ1n) is 7.93. The minimum Gasteiger partial charge on any atom is -0.462 e. The molecule has 1 aliphatic rings. The molecule has 0 saturated heterocycles. The predicted molar refractivity (Wildman–Crippen MR) is 92.4 cm³/mol. The normalized spacial score (nSPS) is 13.4. The standard InChI is InChI=1S/C16H23N3O3S/c1-4-22-15(20)13-11-6-5-7-12(11)23-14(13)18-16(21)19-17-9-8-10(2)3/h9-10H,4-8H2,1-3H3,(H2,18,19,21)/b17-9-. The first-order valence-corrected chi connectivity index (χ1v) is 8.74. The Hall–Kier alpha value is -1.89. The van der Waals surface area contributed by atoms with Crippen LogP contribution in [0.5, 0.6) is 0 Å². The Morgan fingerprint density at radius 2 is 2.17 bits per heavy atom. The van der Waals surface area contributed by atoms with Crippen LogP contribution in [-0.2, 0) is 17.6 Å². The van der Waals surface area contributed by atoms with Gasteiger partial charge in [-0.25, -0.2) is 15.0 Å². The zero-order valence-electron chi connectivity index (χ0n) is 13.8. The highest BCUT2D eigenvalue weighted by molar-refractivity contribution is 7.17. The van der Waals surface area contributed by atoms with Crippen molar-refractivity contribution in [3.63, 3.8) is 0 Å². The Morgan fingerprint density at radius 1 is 1.39 bits per heavy atom. The molecule has 7 heteroatoms. The number of fused-ring (bicyclic) bond motifs is 1. The summed E-state index contributed by atoms with van der Waals surface area (Å²) < 4.78 is 5.13. The summed E-state index contributed by atoms with van der Waals surface area (Å²) in [5.41, 5.74) is 3.95. The van der Waals surface area contributed by atoms with Crippen LogP contribution in [-0.4, -0.2) is 24.8 Å². The molecule has 23 heavy (non-hydrogen) atoms. The quantitative estimate of drug-likeness (QED) is 0.473. The van der Waals surface area contributed by atoms with Crippen LogP contribution in [0, 0.1) is 5.92 Å². The molecular formula is C16H23N3O3S. The van der Waals surface area contributed by atoms with Crippen molar-refractivity contribution in [3.8, 4) is 0 Å². The molecule has 1 aromatic heterocycles. The van der Waals surface area contributed by atoms with Crippen LogP contribution in [0.3, 0.4) is 0 Å². The molecular weight excluding hydrogens is 314 g/mol. The van der Waals surface area contributed by atoms with Gasteiger partial charge in [0.05, 0.1) is 12.2 Å². The highest BCUT2D eigenvalue weighted by atomic mass is 32.1. The number of carbonyl (C=O) groups is 2. The van der Waals surface area contributed by atoms with Crippen LogP contribution < -0.4 is 10.7 Å². The molecule has 1 aromatic rings. The number of nitrogens with zero attached hydrogens (tertiary/aromatic N) is 1. The van der Waals surface area contributed by atoms with Gasteiger partial charge in [0.25, 0.3) is 0 Å². The summed E-state index contributed by atoms with van der Waals surface area (Å²) in [6.07, 6.45) is 5.31. The van der Waals surface area contributed by atoms with Crippen molar-refractivity contribution >= 4 is 34.6 Å². The molecule has 1 heterocycles. The van der Waals surface area contributed by atoms with Crippen molar-refractivity contribution in [2.75, 3.05) is 11.9 Å². The zero-order valence-corrected chi connectivity index (χ0v) is 14.6. The number of hydrogen-bond acceptors (Lipinski definition) is 5. The molecule has 0 spiro atoms. The number of anilines is 1. The van der Waals surface area contributed by atoms with E-state index in [4.69, 9.17) is 4.74 Å². The molecule has 6 nitrogen and oxygen atoms in total. The fourth-order valence-corrected chi connectivity index (χ4v) is 3.68. The van der Waals surface area contributed by atoms with E-state index in [1.165, 1.54) is 11.3 Å². The third kappa shape index (κ3) is 4.54. The van der Waals surface area contributed by atoms with Crippen molar-refractivity contribution in [2.45, 2.75) is 46.5 Å². The summed E-state index contributed by atoms with van der Waals surface area (Å²) in [6, 6.07) is -0.449. The van der Waals surface area contributed by atoms with Gasteiger partial charge in [-0.05, 0) is 44.1 Å². The topological polar surface area (TPSA) is 79.8 Å². The van der Waals surface area contributed by atoms with E-state index in [-0.39, 0.29) is 5.97 Å². The van der Waals surface area contributed by atoms with Crippen LogP contribution in [0.15, 0.2) is 5.10 Å². The average molecular weight is 337 g/mol. The second-order valence-electron chi connectivity index (χ2n) is 5.79. The molecule has 0 saturated carbocycles. The molecule has 0 aliphatic heterocycles. The molecule has 126 valence electrons. The Kier molecular flexibility index (Phi) is 6.15. The van der Waals surface area contributed by atoms with Gasteiger partial charge < -0.3 is 4.74 Å². The van der Waals surface area contributed by atoms with Gasteiger partial charge in [-0.2, -0.15) is 5.10 Å². The van der Waals surface area contributed by atoms with Gasteiger partial charge >= 0.3 is 12.0 Å². The largest absolute Gasteiger partial charge is 0.462 e. The third-order valence-electron chi connectivity index (χ3n) is 3.46. The second-order valence-corrected chi connectivity index (χ2v) is 6.89. The number of hydrogen-bond donors (Lipinski definition) is 2. The maximum absolute atomic E-state index is 12.2. The summed E-state index contributed by atoms with van der Waals surface area (Å²) in [5.74, 6) is 0.116. The lowest BCUT2D eigenvalue weighted by Crippen LogP contribution is -2.25. The first kappa shape index (κ1) is 17.5. The smallest absolute Gasteiger partial charge is 0.341 e. The average Bonchev–Trinajstić information content (AvgIpc) is 3.03. The number of carbonyl (C=O) groups excluding carboxylic acids is 2. The summed E-state index contributed by atoms with van der Waals surface area (Å²) >= 11 is 1.45. The van der Waals surface area contributed by atoms with Gasteiger partial charge in [0, 0.05) is 11.1 Å². The van der Waals surface area contributed by atoms with E-state index in [0.29, 0.717) is 23.1 Å². The van der Waals surface area contributed by atoms with Crippen LogP contribution in [0.4, 0.5) is 9.80 Å². The van der Waals surface area contributed by atoms with Crippen LogP contribution in [0.25, 0.3) is 0 Å². The zero-order chi connectivity index (χ0) is 16.8. The predicted octanol–water partition coefficient (Wildman–Crippen LogP) is 3.57. The lowest BCUT2D eigenvalue weighted by molar-refractivity contribution is 0.0527. The van der Waals surface area contributed by atoms with Crippen LogP contribution in [0.2, 0.25) is 0 Å². The Morgan fingerprint density at radius 3 is 2.87 bits per heavy atom. The van der Waals surface area contributed by atoms with Gasteiger partial charge in [0.1, 0.15) is 5.00 Å². The molecule has 0 fully saturated rings. The van der Waals surface area contributed by atoms with E-state index in [1.807, 2.05) is 0 Å². The maximum Gasteiger partial charge on any atom is 0.341 e. The minimum atomic E-state index is -0.449. The fraction of sp³-hybridized carbons (Fsp3) is 0.562. The van der Waals surface area contributed by atoms with E-state index < -0.39 is 6.03 Å². The van der Waals surface area contributed by atoms with Gasteiger partial charge in [0.15, 0.2) is 0 Å². The molecule has 0 unspecified atom stereocenters. The van der Waals surface area contributed by atoms with E-state index in [2.05, 4.69) is 29.7 Å². The molecule has 0 atom stereocenters. The number of rotatable bonds is 6. The van der Waals surface area contributed by atoms with Crippen molar-refractivity contribution in [1.29, 1.82) is 0 Å². The van der Waals surface area contributed by atoms with Crippen molar-refractivity contribution in [2.24, 2.45) is 11.0 Å². The van der Waals surface area contributed by atoms with E-state index in [0.717, 1.165) is 36.1 Å². The van der Waals surface area contributed by atoms with Crippen LogP contribution in [0.1, 0.15) is 54.4 Å². The lowest BCUT2D eigenvalue weighted by Gasteiger charge is -2.07. The van der Waals surface area contributed by atoms with Crippen LogP contribution >= 0.6 is 11.3 Å². The number of thiophene rings is 1. The summed E-state index contributed by atoms with van der Waals surface area (Å²) in [6.45, 7) is 6.23. The highest BCUT2D eigenvalue weighted by Gasteiger charge is 2.28. The summed E-state index contributed by atoms with van der Waals surface area (Å²) in [7, 11) is 0. The van der Waals surface area contributed by atoms with Gasteiger partial charge in [-0.15, -0.1) is 11.3 Å². The summed E-state index contributed by atoms with van der Waals surface area (Å²) in [4.78, 5) is 25.3. The number of nitrogens with one attached hydrogen (secondary N) is 2. The third-order valence-corrected chi connectivity index (χ3v) is 4.67. The molecule has 0 radical (unpaired) electrons. The minimum absolute atomic E-state index is 0.314. The van der Waals surface area contributed by atoms with Gasteiger partial charge in [0.2, 0.25) is 0 Å². The molecule has 0 bridgehead atoms. The summed E-state index contributed by atoms with van der Waals surface area (Å²) in [5, 5.41) is 7.15. The van der Waals surface area contributed by atoms with Crippen molar-refractivity contribution in [3.05, 3.63) is 16.0 Å². The number of esters is 1. The van der Waals surface area contributed by atoms with Gasteiger partial charge in [-0.3, -0.25) is 5.32 Å². The highest BCUT2D eigenvalue weighted by Crippen LogP contribution is 2.39. The number of amides is 2. The second kappa shape index (κ2) is 8.10. The number of aryl methyl sites for hydroxylation is 1. The monoisotopic (exact) mass is 337 g/mol. The Bertz CT molecular complexity index is 608. The molecule has 2 rings (SSSR count). The Balaban J connectivity index is 2.06. The SMILES string of the molecule is CCOC(=O)c1c(NC(=O)N/N=C\CC(C)C)sc2c1CCC2. The molecule has 2 N–H and O–H groups in total. The van der Waals surface area contributed by atoms with Crippen molar-refractivity contribution in [1.82, 2.24) is 5.43 Å². The van der Waals surface area contributed by atoms with Gasteiger partial charge in [-0.1, -0.05) is 13.8 Å². The number of hydrazone groups is 1. The van der Waals surface area contributed by atoms with Crippen molar-refractivity contribution < 1.29 is 14.3 Å². The number of urea groups is 1. The molecule has 0 aromatic carbocycles. The first-order chi connectivity index (χ1) is 11.0. The number of ether oxygens (including phenoxy) is 1. The van der Waals surface area contributed by atoms with E-state index in [9.17, 15) is 9.59 Å². The molecule has 1 aliphatic carbocycles. The molecule has 2 amide bonds. The maximum atomic E-state index is 12.2. The Labute approximate surface area is 140 Å². The van der Waals surface area contributed by atoms with E-state index in [1.54, 1.807) is 13.1 Å². The lowest BCUT2D eigenvalue weighted by atomic mass is 10.1. The van der Waals surface area contributed by atoms with E-state index >= 15 is 0 Å². The fourth-order valence-electron chi connectivity index (χ4n) is 2.41.